The molecule has 0 bridgehead atoms. The maximum atomic E-state index is 13.5. The summed E-state index contributed by atoms with van der Waals surface area (Å²) in [4.78, 5) is 22.0. The van der Waals surface area contributed by atoms with E-state index in [1.165, 1.54) is 6.07 Å². The van der Waals surface area contributed by atoms with Crippen molar-refractivity contribution in [3.05, 3.63) is 59.4 Å². The van der Waals surface area contributed by atoms with E-state index in [4.69, 9.17) is 9.84 Å². The van der Waals surface area contributed by atoms with Crippen molar-refractivity contribution in [2.75, 3.05) is 0 Å². The quantitative estimate of drug-likeness (QED) is 0.584. The second-order valence-corrected chi connectivity index (χ2v) is 6.70. The molecule has 0 amide bonds. The Balaban J connectivity index is 1.62. The summed E-state index contributed by atoms with van der Waals surface area (Å²) in [5.41, 5.74) is 3.75. The highest BCUT2D eigenvalue weighted by Crippen LogP contribution is 2.21. The smallest absolute Gasteiger partial charge is 0.306 e. The highest BCUT2D eigenvalue weighted by Gasteiger charge is 2.11. The number of nitrogens with zero attached hydrogens (tertiary/aromatic N) is 4. The van der Waals surface area contributed by atoms with Gasteiger partial charge in [-0.2, -0.15) is 10.2 Å². The van der Waals surface area contributed by atoms with Gasteiger partial charge in [-0.25, -0.2) is 4.39 Å². The molecule has 0 fully saturated rings. The molecule has 2 aromatic heterocycles. The lowest BCUT2D eigenvalue weighted by Crippen LogP contribution is -2.08. The largest absolute Gasteiger partial charge is 0.481 e. The number of ether oxygens (including phenoxy) is 1. The van der Waals surface area contributed by atoms with Crippen LogP contribution in [0.3, 0.4) is 0 Å². The van der Waals surface area contributed by atoms with Crippen LogP contribution in [0.1, 0.15) is 29.8 Å². The fourth-order valence-electron chi connectivity index (χ4n) is 2.81. The molecule has 2 heterocycles. The van der Waals surface area contributed by atoms with Crippen molar-refractivity contribution in [1.82, 2.24) is 19.6 Å². The Morgan fingerprint density at radius 2 is 2.00 bits per heavy atom. The molecule has 1 N–H and O–H groups in total. The molecule has 0 unspecified atom stereocenters. The number of hydrogen-bond donors (Lipinski definition) is 1. The zero-order valence-electron chi connectivity index (χ0n) is 16.1. The number of aryl methyl sites for hydroxylation is 2. The molecule has 0 saturated carbocycles. The zero-order valence-corrected chi connectivity index (χ0v) is 16.1. The maximum Gasteiger partial charge on any atom is 0.306 e. The first-order valence-corrected chi connectivity index (χ1v) is 9.00. The minimum atomic E-state index is -1.04. The van der Waals surface area contributed by atoms with Gasteiger partial charge in [0.25, 0.3) is 0 Å². The minimum absolute atomic E-state index is 0.0223. The Morgan fingerprint density at radius 3 is 2.72 bits per heavy atom. The summed E-state index contributed by atoms with van der Waals surface area (Å²) in [5.74, 6) is -1.87. The molecule has 3 aromatic rings. The molecule has 152 valence electrons. The Hall–Kier alpha value is -3.49. The summed E-state index contributed by atoms with van der Waals surface area (Å²) in [7, 11) is 1.78. The third-order valence-electron chi connectivity index (χ3n) is 4.40. The first kappa shape index (κ1) is 20.2. The normalized spacial score (nSPS) is 10.9. The van der Waals surface area contributed by atoms with Crippen molar-refractivity contribution in [2.45, 2.75) is 32.9 Å². The fourth-order valence-corrected chi connectivity index (χ4v) is 2.81. The van der Waals surface area contributed by atoms with Gasteiger partial charge in [0.15, 0.2) is 0 Å². The number of rotatable bonds is 8. The van der Waals surface area contributed by atoms with Gasteiger partial charge in [0.2, 0.25) is 0 Å². The molecule has 0 aliphatic heterocycles. The average Bonchev–Trinajstić information content (AvgIpc) is 3.28. The second kappa shape index (κ2) is 8.68. The molecular formula is C20H21FN4O4. The van der Waals surface area contributed by atoms with Crippen molar-refractivity contribution in [2.24, 2.45) is 7.05 Å². The summed E-state index contributed by atoms with van der Waals surface area (Å²) in [6, 6.07) is 6.73. The van der Waals surface area contributed by atoms with Gasteiger partial charge in [-0.1, -0.05) is 6.07 Å². The van der Waals surface area contributed by atoms with Gasteiger partial charge in [0.1, 0.15) is 18.1 Å². The topological polar surface area (TPSA) is 99.2 Å². The van der Waals surface area contributed by atoms with Crippen LogP contribution in [0.15, 0.2) is 36.7 Å². The van der Waals surface area contributed by atoms with Crippen molar-refractivity contribution in [3.63, 3.8) is 0 Å². The SMILES string of the molecule is Cc1cc(-c2cnn(Cc3cc(COC(=O)CCC(=O)O)nn3C)c2)ccc1F. The third kappa shape index (κ3) is 5.28. The Bertz CT molecular complexity index is 1040. The lowest BCUT2D eigenvalue weighted by molar-refractivity contribution is -0.148. The van der Waals surface area contributed by atoms with Crippen LogP contribution in [0, 0.1) is 12.7 Å². The van der Waals surface area contributed by atoms with Gasteiger partial charge >= 0.3 is 11.9 Å². The molecule has 8 nitrogen and oxygen atoms in total. The van der Waals surface area contributed by atoms with Gasteiger partial charge in [-0.3, -0.25) is 19.0 Å². The van der Waals surface area contributed by atoms with Crippen LogP contribution in [-0.4, -0.2) is 36.6 Å². The van der Waals surface area contributed by atoms with E-state index in [-0.39, 0.29) is 25.3 Å². The fraction of sp³-hybridized carbons (Fsp3) is 0.300. The highest BCUT2D eigenvalue weighted by molar-refractivity contribution is 5.76. The number of halogens is 1. The summed E-state index contributed by atoms with van der Waals surface area (Å²) < 4.78 is 21.9. The Labute approximate surface area is 166 Å². The summed E-state index contributed by atoms with van der Waals surface area (Å²) in [6.45, 7) is 2.15. The van der Waals surface area contributed by atoms with E-state index < -0.39 is 11.9 Å². The van der Waals surface area contributed by atoms with Crippen LogP contribution in [0.25, 0.3) is 11.1 Å². The van der Waals surface area contributed by atoms with Gasteiger partial charge in [-0.15, -0.1) is 0 Å². The number of carbonyl (C=O) groups is 2. The zero-order chi connectivity index (χ0) is 21.0. The van der Waals surface area contributed by atoms with E-state index in [1.54, 1.807) is 47.7 Å². The Kier molecular flexibility index (Phi) is 6.06. The molecular weight excluding hydrogens is 379 g/mol. The predicted molar refractivity (Wildman–Crippen MR) is 101 cm³/mol. The van der Waals surface area contributed by atoms with Gasteiger partial charge in [0.05, 0.1) is 31.3 Å². The highest BCUT2D eigenvalue weighted by atomic mass is 19.1. The predicted octanol–water partition coefficient (Wildman–Crippen LogP) is 2.69. The first-order chi connectivity index (χ1) is 13.8. The van der Waals surface area contributed by atoms with Crippen LogP contribution >= 0.6 is 0 Å². The molecule has 9 heteroatoms. The van der Waals surface area contributed by atoms with Crippen molar-refractivity contribution >= 4 is 11.9 Å². The molecule has 0 aliphatic rings. The van der Waals surface area contributed by atoms with E-state index in [0.29, 0.717) is 17.8 Å². The molecule has 0 saturated heterocycles. The lowest BCUT2D eigenvalue weighted by atomic mass is 10.1. The second-order valence-electron chi connectivity index (χ2n) is 6.70. The molecule has 0 spiro atoms. The van der Waals surface area contributed by atoms with E-state index in [0.717, 1.165) is 16.8 Å². The summed E-state index contributed by atoms with van der Waals surface area (Å²) >= 11 is 0. The molecule has 29 heavy (non-hydrogen) atoms. The van der Waals surface area contributed by atoms with E-state index in [9.17, 15) is 14.0 Å². The van der Waals surface area contributed by atoms with Crippen molar-refractivity contribution in [1.29, 1.82) is 0 Å². The number of carboxylic acid groups (broad SMARTS) is 1. The minimum Gasteiger partial charge on any atom is -0.481 e. The molecule has 0 aliphatic carbocycles. The molecule has 3 rings (SSSR count). The maximum absolute atomic E-state index is 13.5. The van der Waals surface area contributed by atoms with Crippen molar-refractivity contribution in [3.8, 4) is 11.1 Å². The van der Waals surface area contributed by atoms with Crippen LogP contribution in [0.5, 0.6) is 0 Å². The number of aliphatic carboxylic acids is 1. The lowest BCUT2D eigenvalue weighted by Gasteiger charge is -2.02. The summed E-state index contributed by atoms with van der Waals surface area (Å²) in [5, 5.41) is 17.2. The van der Waals surface area contributed by atoms with Gasteiger partial charge in [-0.05, 0) is 36.2 Å². The molecule has 1 aromatic carbocycles. The van der Waals surface area contributed by atoms with E-state index in [2.05, 4.69) is 10.2 Å². The van der Waals surface area contributed by atoms with E-state index >= 15 is 0 Å². The number of carbonyl (C=O) groups excluding carboxylic acids is 1. The number of carboxylic acids is 1. The molecule has 0 atom stereocenters. The van der Waals surface area contributed by atoms with Gasteiger partial charge in [0, 0.05) is 18.8 Å². The first-order valence-electron chi connectivity index (χ1n) is 9.00. The number of esters is 1. The third-order valence-corrected chi connectivity index (χ3v) is 4.40. The average molecular weight is 400 g/mol. The van der Waals surface area contributed by atoms with Crippen LogP contribution in [0.4, 0.5) is 4.39 Å². The number of benzene rings is 1. The van der Waals surface area contributed by atoms with Gasteiger partial charge < -0.3 is 9.84 Å². The van der Waals surface area contributed by atoms with Crippen LogP contribution in [0.2, 0.25) is 0 Å². The van der Waals surface area contributed by atoms with Crippen LogP contribution < -0.4 is 0 Å². The number of hydrogen-bond acceptors (Lipinski definition) is 5. The Morgan fingerprint density at radius 1 is 1.21 bits per heavy atom. The van der Waals surface area contributed by atoms with Crippen molar-refractivity contribution < 1.29 is 23.8 Å². The van der Waals surface area contributed by atoms with Crippen LogP contribution in [-0.2, 0) is 34.5 Å². The molecule has 0 radical (unpaired) electrons. The van der Waals surface area contributed by atoms with E-state index in [1.807, 2.05) is 6.20 Å². The summed E-state index contributed by atoms with van der Waals surface area (Å²) in [6.07, 6.45) is 3.15. The number of aromatic nitrogens is 4. The standard InChI is InChI=1S/C20H21FN4O4/c1-13-7-14(3-4-18(13)21)15-9-22-25(10-15)11-17-8-16(23-24(17)2)12-29-20(28)6-5-19(26)27/h3-4,7-10H,5-6,11-12H2,1-2H3,(H,26,27). The monoisotopic (exact) mass is 400 g/mol.